The van der Waals surface area contributed by atoms with Gasteiger partial charge in [0.15, 0.2) is 0 Å². The van der Waals surface area contributed by atoms with Gasteiger partial charge in [0.05, 0.1) is 35.9 Å². The summed E-state index contributed by atoms with van der Waals surface area (Å²) in [7, 11) is 0. The molecule has 1 fully saturated rings. The topological polar surface area (TPSA) is 79.7 Å². The largest absolute Gasteiger partial charge is 0.379 e. The molecule has 1 aromatic carbocycles. The van der Waals surface area contributed by atoms with Crippen molar-refractivity contribution >= 4 is 23.1 Å². The predicted molar refractivity (Wildman–Crippen MR) is 124 cm³/mol. The summed E-state index contributed by atoms with van der Waals surface area (Å²) in [6, 6.07) is 15.5. The molecule has 5 rings (SSSR count). The fourth-order valence-electron chi connectivity index (χ4n) is 4.02. The van der Waals surface area contributed by atoms with E-state index in [1.54, 1.807) is 0 Å². The first-order valence-corrected chi connectivity index (χ1v) is 10.9. The minimum atomic E-state index is -0.204. The van der Waals surface area contributed by atoms with Crippen molar-refractivity contribution in [3.05, 3.63) is 82.8 Å². The molecule has 0 aliphatic carbocycles. The van der Waals surface area contributed by atoms with Crippen molar-refractivity contribution in [2.24, 2.45) is 4.99 Å². The van der Waals surface area contributed by atoms with Crippen molar-refractivity contribution in [1.29, 1.82) is 0 Å². The molecule has 4 heterocycles. The standard InChI is InChI=1S/C25H25N5O2/c1-17-8-9-19(15-26-17)22-14-18-4-2-6-21(24(18)28-22)25(31)29-23-7-3-5-20(27-23)16-30-10-12-32-13-11-30/h2-9,15H,10-14,16H2,1H3,(H,27,29,31). The summed E-state index contributed by atoms with van der Waals surface area (Å²) in [4.78, 5) is 29.2. The molecule has 1 saturated heterocycles. The predicted octanol–water partition coefficient (Wildman–Crippen LogP) is 3.55. The number of hydrogen-bond acceptors (Lipinski definition) is 6. The van der Waals surface area contributed by atoms with Gasteiger partial charge in [-0.05, 0) is 42.8 Å². The molecule has 2 aromatic heterocycles. The molecule has 32 heavy (non-hydrogen) atoms. The maximum Gasteiger partial charge on any atom is 0.259 e. The monoisotopic (exact) mass is 427 g/mol. The van der Waals surface area contributed by atoms with E-state index in [9.17, 15) is 4.79 Å². The van der Waals surface area contributed by atoms with Crippen molar-refractivity contribution in [2.75, 3.05) is 31.6 Å². The number of fused-ring (bicyclic) bond motifs is 1. The van der Waals surface area contributed by atoms with Crippen LogP contribution >= 0.6 is 0 Å². The molecule has 0 saturated carbocycles. The van der Waals surface area contributed by atoms with E-state index >= 15 is 0 Å². The highest BCUT2D eigenvalue weighted by molar-refractivity contribution is 6.12. The van der Waals surface area contributed by atoms with Gasteiger partial charge < -0.3 is 10.1 Å². The Hall–Kier alpha value is -3.42. The van der Waals surface area contributed by atoms with Gasteiger partial charge in [-0.2, -0.15) is 0 Å². The van der Waals surface area contributed by atoms with E-state index in [4.69, 9.17) is 9.73 Å². The summed E-state index contributed by atoms with van der Waals surface area (Å²) in [5, 5.41) is 2.95. The number of ether oxygens (including phenoxy) is 1. The molecule has 7 nitrogen and oxygen atoms in total. The molecule has 0 bridgehead atoms. The Bertz CT molecular complexity index is 1170. The SMILES string of the molecule is Cc1ccc(C2=Nc3c(cccc3C(=O)Nc3cccc(CN4CCOCC4)n3)C2)cn1. The number of aliphatic imine (C=N–C) groups is 1. The van der Waals surface area contributed by atoms with Crippen LogP contribution in [-0.4, -0.2) is 52.8 Å². The summed E-state index contributed by atoms with van der Waals surface area (Å²) in [5.41, 5.74) is 6.13. The number of anilines is 1. The fraction of sp³-hybridized carbons (Fsp3) is 0.280. The zero-order chi connectivity index (χ0) is 21.9. The van der Waals surface area contributed by atoms with E-state index in [1.807, 2.05) is 61.7 Å². The van der Waals surface area contributed by atoms with Crippen molar-refractivity contribution < 1.29 is 9.53 Å². The molecule has 3 aromatic rings. The number of aromatic nitrogens is 2. The Morgan fingerprint density at radius 2 is 1.94 bits per heavy atom. The average molecular weight is 428 g/mol. The summed E-state index contributed by atoms with van der Waals surface area (Å²) in [6.07, 6.45) is 2.53. The van der Waals surface area contributed by atoms with Gasteiger partial charge in [0.2, 0.25) is 0 Å². The quantitative estimate of drug-likeness (QED) is 0.674. The molecule has 0 spiro atoms. The molecule has 7 heteroatoms. The normalized spacial score (nSPS) is 15.8. The average Bonchev–Trinajstić information content (AvgIpc) is 3.25. The minimum Gasteiger partial charge on any atom is -0.379 e. The van der Waals surface area contributed by atoms with Gasteiger partial charge in [-0.1, -0.05) is 18.2 Å². The first-order valence-electron chi connectivity index (χ1n) is 10.9. The molecule has 1 N–H and O–H groups in total. The van der Waals surface area contributed by atoms with Crippen LogP contribution in [0.5, 0.6) is 0 Å². The first kappa shape index (κ1) is 20.5. The van der Waals surface area contributed by atoms with Crippen LogP contribution in [0.1, 0.15) is 32.9 Å². The Morgan fingerprint density at radius 3 is 2.75 bits per heavy atom. The molecule has 1 amide bonds. The number of benzene rings is 1. The maximum atomic E-state index is 13.1. The van der Waals surface area contributed by atoms with Gasteiger partial charge in [-0.3, -0.25) is 19.7 Å². The number of nitrogens with one attached hydrogen (secondary N) is 1. The van der Waals surface area contributed by atoms with Crippen LogP contribution < -0.4 is 5.32 Å². The number of aryl methyl sites for hydroxylation is 1. The molecule has 162 valence electrons. The van der Waals surface area contributed by atoms with Gasteiger partial charge in [0.1, 0.15) is 5.82 Å². The zero-order valence-electron chi connectivity index (χ0n) is 18.0. The second kappa shape index (κ2) is 8.98. The summed E-state index contributed by atoms with van der Waals surface area (Å²) >= 11 is 0. The van der Waals surface area contributed by atoms with Crippen molar-refractivity contribution in [2.45, 2.75) is 19.9 Å². The van der Waals surface area contributed by atoms with Crippen molar-refractivity contribution in [3.63, 3.8) is 0 Å². The summed E-state index contributed by atoms with van der Waals surface area (Å²) in [5.74, 6) is 0.341. The first-order chi connectivity index (χ1) is 15.7. The van der Waals surface area contributed by atoms with Crippen molar-refractivity contribution in [1.82, 2.24) is 14.9 Å². The maximum absolute atomic E-state index is 13.1. The number of pyridine rings is 2. The number of amides is 1. The van der Waals surface area contributed by atoms with Crippen LogP contribution in [0, 0.1) is 6.92 Å². The minimum absolute atomic E-state index is 0.204. The Kier molecular flexibility index (Phi) is 5.75. The van der Waals surface area contributed by atoms with E-state index in [1.165, 1.54) is 0 Å². The highest BCUT2D eigenvalue weighted by Crippen LogP contribution is 2.33. The molecular weight excluding hydrogens is 402 g/mol. The third-order valence-corrected chi connectivity index (χ3v) is 5.75. The lowest BCUT2D eigenvalue weighted by Gasteiger charge is -2.26. The number of morpholine rings is 1. The zero-order valence-corrected chi connectivity index (χ0v) is 18.0. The van der Waals surface area contributed by atoms with Crippen LogP contribution in [0.3, 0.4) is 0 Å². The Labute approximate surface area is 187 Å². The fourth-order valence-corrected chi connectivity index (χ4v) is 4.02. The molecule has 0 radical (unpaired) electrons. The summed E-state index contributed by atoms with van der Waals surface area (Å²) < 4.78 is 5.41. The second-order valence-corrected chi connectivity index (χ2v) is 8.09. The van der Waals surface area contributed by atoms with E-state index in [2.05, 4.69) is 20.2 Å². The van der Waals surface area contributed by atoms with Gasteiger partial charge >= 0.3 is 0 Å². The Morgan fingerprint density at radius 1 is 1.09 bits per heavy atom. The van der Waals surface area contributed by atoms with Crippen LogP contribution in [0.15, 0.2) is 59.7 Å². The number of carbonyl (C=O) groups is 1. The molecule has 0 unspecified atom stereocenters. The van der Waals surface area contributed by atoms with Crippen LogP contribution in [0.4, 0.5) is 11.5 Å². The van der Waals surface area contributed by atoms with E-state index in [-0.39, 0.29) is 5.91 Å². The number of para-hydroxylation sites is 1. The lowest BCUT2D eigenvalue weighted by molar-refractivity contribution is 0.0337. The third kappa shape index (κ3) is 4.44. The highest BCUT2D eigenvalue weighted by atomic mass is 16.5. The van der Waals surface area contributed by atoms with Crippen LogP contribution in [0.25, 0.3) is 0 Å². The summed E-state index contributed by atoms with van der Waals surface area (Å²) in [6.45, 7) is 5.98. The number of carbonyl (C=O) groups excluding carboxylic acids is 1. The van der Waals surface area contributed by atoms with Gasteiger partial charge in [-0.25, -0.2) is 4.98 Å². The van der Waals surface area contributed by atoms with Crippen LogP contribution in [-0.2, 0) is 17.7 Å². The number of hydrogen-bond donors (Lipinski definition) is 1. The van der Waals surface area contributed by atoms with E-state index < -0.39 is 0 Å². The van der Waals surface area contributed by atoms with Gasteiger partial charge in [0.25, 0.3) is 5.91 Å². The van der Waals surface area contributed by atoms with Gasteiger partial charge in [0, 0.05) is 43.5 Å². The Balaban J connectivity index is 1.34. The number of rotatable bonds is 5. The highest BCUT2D eigenvalue weighted by Gasteiger charge is 2.22. The smallest absolute Gasteiger partial charge is 0.259 e. The van der Waals surface area contributed by atoms with E-state index in [0.29, 0.717) is 17.8 Å². The molecule has 0 atom stereocenters. The second-order valence-electron chi connectivity index (χ2n) is 8.09. The lowest BCUT2D eigenvalue weighted by Crippen LogP contribution is -2.35. The third-order valence-electron chi connectivity index (χ3n) is 5.75. The lowest BCUT2D eigenvalue weighted by atomic mass is 10.0. The van der Waals surface area contributed by atoms with Crippen molar-refractivity contribution in [3.8, 4) is 0 Å². The number of nitrogens with zero attached hydrogens (tertiary/aromatic N) is 4. The van der Waals surface area contributed by atoms with Gasteiger partial charge in [-0.15, -0.1) is 0 Å². The molecular formula is C25H25N5O2. The molecule has 2 aliphatic rings. The van der Waals surface area contributed by atoms with Crippen LogP contribution in [0.2, 0.25) is 0 Å². The van der Waals surface area contributed by atoms with E-state index in [0.717, 1.165) is 66.8 Å². The molecule has 2 aliphatic heterocycles.